The Morgan fingerprint density at radius 3 is 2.75 bits per heavy atom. The molecule has 1 aromatic carbocycles. The number of nitrogens with one attached hydrogen (secondary N) is 1. The number of hydrogen-bond acceptors (Lipinski definition) is 4. The largest absolute Gasteiger partial charge is 0.339 e. The van der Waals surface area contributed by atoms with Crippen molar-refractivity contribution in [2.75, 3.05) is 11.9 Å². The highest BCUT2D eigenvalue weighted by Crippen LogP contribution is 2.34. The van der Waals surface area contributed by atoms with Gasteiger partial charge in [-0.3, -0.25) is 9.59 Å². The van der Waals surface area contributed by atoms with Crippen LogP contribution in [0.15, 0.2) is 29.8 Å². The third-order valence-corrected chi connectivity index (χ3v) is 5.18. The first-order chi connectivity index (χ1) is 11.6. The number of hydrogen-bond donors (Lipinski definition) is 1. The van der Waals surface area contributed by atoms with Gasteiger partial charge in [0.25, 0.3) is 0 Å². The number of likely N-dealkylation sites (tertiary alicyclic amines) is 1. The lowest BCUT2D eigenvalue weighted by Crippen LogP contribution is -2.29. The highest BCUT2D eigenvalue weighted by atomic mass is 32.1. The number of nitrogens with zero attached hydrogens (tertiary/aromatic N) is 2. The van der Waals surface area contributed by atoms with Gasteiger partial charge in [0.2, 0.25) is 11.8 Å². The molecule has 5 nitrogen and oxygen atoms in total. The van der Waals surface area contributed by atoms with E-state index < -0.39 is 0 Å². The number of amides is 2. The first-order valence-electron chi connectivity index (χ1n) is 7.91. The first kappa shape index (κ1) is 15.3. The molecular weight excluding hydrogens is 329 g/mol. The minimum absolute atomic E-state index is 0.0701. The van der Waals surface area contributed by atoms with E-state index in [1.165, 1.54) is 23.5 Å². The highest BCUT2D eigenvalue weighted by molar-refractivity contribution is 7.14. The van der Waals surface area contributed by atoms with Crippen molar-refractivity contribution < 1.29 is 14.0 Å². The Bertz CT molecular complexity index is 785. The summed E-state index contributed by atoms with van der Waals surface area (Å²) in [4.78, 5) is 30.6. The van der Waals surface area contributed by atoms with E-state index in [1.807, 2.05) is 4.90 Å². The Morgan fingerprint density at radius 2 is 2.04 bits per heavy atom. The number of anilines is 1. The Morgan fingerprint density at radius 1 is 1.29 bits per heavy atom. The van der Waals surface area contributed by atoms with Gasteiger partial charge >= 0.3 is 0 Å². The molecule has 2 amide bonds. The molecule has 0 bridgehead atoms. The minimum atomic E-state index is -0.318. The molecule has 4 rings (SSSR count). The second-order valence-electron chi connectivity index (χ2n) is 6.20. The average molecular weight is 345 g/mol. The van der Waals surface area contributed by atoms with Crippen LogP contribution in [0.4, 0.5) is 9.39 Å². The van der Waals surface area contributed by atoms with Crippen molar-refractivity contribution >= 4 is 28.2 Å². The summed E-state index contributed by atoms with van der Waals surface area (Å²) in [7, 11) is 0. The Hall–Kier alpha value is -2.28. The molecule has 1 aliphatic carbocycles. The number of benzene rings is 1. The zero-order valence-corrected chi connectivity index (χ0v) is 13.7. The molecule has 1 saturated carbocycles. The molecule has 2 aliphatic rings. The van der Waals surface area contributed by atoms with Gasteiger partial charge in [0.05, 0.1) is 11.4 Å². The van der Waals surface area contributed by atoms with Crippen LogP contribution in [0.3, 0.4) is 0 Å². The second kappa shape index (κ2) is 5.98. The van der Waals surface area contributed by atoms with Gasteiger partial charge in [-0.05, 0) is 37.1 Å². The number of carbonyl (C=O) groups excluding carboxylic acids is 2. The smallest absolute Gasteiger partial charge is 0.230 e. The lowest BCUT2D eigenvalue weighted by atomic mass is 10.1. The van der Waals surface area contributed by atoms with Crippen LogP contribution >= 0.6 is 11.3 Å². The maximum Gasteiger partial charge on any atom is 0.230 e. The van der Waals surface area contributed by atoms with E-state index in [-0.39, 0.29) is 30.0 Å². The number of thiazole rings is 1. The number of carbonyl (C=O) groups is 2. The maximum atomic E-state index is 13.1. The highest BCUT2D eigenvalue weighted by Gasteiger charge is 2.41. The molecule has 0 spiro atoms. The van der Waals surface area contributed by atoms with Crippen LogP contribution in [-0.4, -0.2) is 34.3 Å². The SMILES string of the molecule is O=C(Nc1scnc1-c1ccc(F)cc1)[C@@H]1CC(=O)N(C2CC2)C1. The van der Waals surface area contributed by atoms with Crippen molar-refractivity contribution in [3.63, 3.8) is 0 Å². The number of rotatable bonds is 4. The van der Waals surface area contributed by atoms with E-state index in [2.05, 4.69) is 10.3 Å². The zero-order chi connectivity index (χ0) is 16.7. The van der Waals surface area contributed by atoms with Crippen LogP contribution in [0.25, 0.3) is 11.3 Å². The molecule has 24 heavy (non-hydrogen) atoms. The minimum Gasteiger partial charge on any atom is -0.339 e. The van der Waals surface area contributed by atoms with Crippen molar-refractivity contribution in [3.05, 3.63) is 35.6 Å². The molecule has 1 atom stereocenters. The summed E-state index contributed by atoms with van der Waals surface area (Å²) in [5, 5.41) is 3.52. The predicted molar refractivity (Wildman–Crippen MR) is 89.0 cm³/mol. The summed E-state index contributed by atoms with van der Waals surface area (Å²) in [5.41, 5.74) is 3.01. The van der Waals surface area contributed by atoms with Crippen LogP contribution in [-0.2, 0) is 9.59 Å². The molecule has 2 heterocycles. The van der Waals surface area contributed by atoms with E-state index >= 15 is 0 Å². The van der Waals surface area contributed by atoms with Crippen LogP contribution in [0.2, 0.25) is 0 Å². The van der Waals surface area contributed by atoms with Crippen LogP contribution < -0.4 is 5.32 Å². The van der Waals surface area contributed by atoms with Gasteiger partial charge in [-0.1, -0.05) is 0 Å². The normalized spacial score (nSPS) is 20.5. The fourth-order valence-corrected chi connectivity index (χ4v) is 3.71. The van der Waals surface area contributed by atoms with Gasteiger partial charge in [0.1, 0.15) is 16.5 Å². The van der Waals surface area contributed by atoms with Gasteiger partial charge in [0, 0.05) is 24.6 Å². The van der Waals surface area contributed by atoms with E-state index in [9.17, 15) is 14.0 Å². The summed E-state index contributed by atoms with van der Waals surface area (Å²) in [5.74, 6) is -0.717. The fraction of sp³-hybridized carbons (Fsp3) is 0.353. The summed E-state index contributed by atoms with van der Waals surface area (Å²) >= 11 is 1.32. The zero-order valence-electron chi connectivity index (χ0n) is 12.9. The fourth-order valence-electron chi connectivity index (χ4n) is 3.01. The number of aromatic nitrogens is 1. The van der Waals surface area contributed by atoms with Gasteiger partial charge in [-0.15, -0.1) is 11.3 Å². The van der Waals surface area contributed by atoms with Gasteiger partial charge in [-0.2, -0.15) is 0 Å². The van der Waals surface area contributed by atoms with E-state index in [1.54, 1.807) is 17.6 Å². The lowest BCUT2D eigenvalue weighted by Gasteiger charge is -2.15. The van der Waals surface area contributed by atoms with Crippen molar-refractivity contribution in [1.29, 1.82) is 0 Å². The summed E-state index contributed by atoms with van der Waals surface area (Å²) in [6.07, 6.45) is 2.36. The summed E-state index contributed by atoms with van der Waals surface area (Å²) in [6.45, 7) is 0.500. The van der Waals surface area contributed by atoms with Crippen molar-refractivity contribution in [2.24, 2.45) is 5.92 Å². The second-order valence-corrected chi connectivity index (χ2v) is 7.06. The van der Waals surface area contributed by atoms with Crippen LogP contribution in [0, 0.1) is 11.7 Å². The molecule has 1 aliphatic heterocycles. The van der Waals surface area contributed by atoms with Gasteiger partial charge in [0.15, 0.2) is 0 Å². The Balaban J connectivity index is 1.48. The first-order valence-corrected chi connectivity index (χ1v) is 8.79. The van der Waals surface area contributed by atoms with Gasteiger partial charge < -0.3 is 10.2 Å². The molecular formula is C17H16FN3O2S. The Kier molecular flexibility index (Phi) is 3.80. The van der Waals surface area contributed by atoms with Crippen molar-refractivity contribution in [1.82, 2.24) is 9.88 Å². The average Bonchev–Trinajstić information content (AvgIpc) is 3.18. The molecule has 0 unspecified atom stereocenters. The quantitative estimate of drug-likeness (QED) is 0.927. The summed E-state index contributed by atoms with van der Waals surface area (Å²) in [6, 6.07) is 6.34. The molecule has 1 saturated heterocycles. The lowest BCUT2D eigenvalue weighted by molar-refractivity contribution is -0.128. The van der Waals surface area contributed by atoms with Crippen molar-refractivity contribution in [3.8, 4) is 11.3 Å². The van der Waals surface area contributed by atoms with Gasteiger partial charge in [-0.25, -0.2) is 9.37 Å². The van der Waals surface area contributed by atoms with E-state index in [0.717, 1.165) is 18.4 Å². The molecule has 124 valence electrons. The predicted octanol–water partition coefficient (Wildman–Crippen LogP) is 2.90. The van der Waals surface area contributed by atoms with E-state index in [4.69, 9.17) is 0 Å². The molecule has 2 aromatic rings. The monoisotopic (exact) mass is 345 g/mol. The molecule has 7 heteroatoms. The third-order valence-electron chi connectivity index (χ3n) is 4.44. The molecule has 2 fully saturated rings. The Labute approximate surface area is 142 Å². The van der Waals surface area contributed by atoms with Crippen LogP contribution in [0.5, 0.6) is 0 Å². The molecule has 1 N–H and O–H groups in total. The topological polar surface area (TPSA) is 62.3 Å². The third kappa shape index (κ3) is 2.91. The van der Waals surface area contributed by atoms with E-state index in [0.29, 0.717) is 23.3 Å². The molecule has 0 radical (unpaired) electrons. The molecule has 1 aromatic heterocycles. The summed E-state index contributed by atoms with van der Waals surface area (Å²) < 4.78 is 13.1. The number of halogens is 1. The standard InChI is InChI=1S/C17H16FN3O2S/c18-12-3-1-10(2-4-12)15-17(24-9-19-15)20-16(23)11-7-14(22)21(8-11)13-5-6-13/h1-4,9,11,13H,5-8H2,(H,20,23)/t11-/m1/s1. The van der Waals surface area contributed by atoms with Crippen LogP contribution in [0.1, 0.15) is 19.3 Å². The maximum absolute atomic E-state index is 13.1. The van der Waals surface area contributed by atoms with Crippen molar-refractivity contribution in [2.45, 2.75) is 25.3 Å².